The third-order valence-electron chi connectivity index (χ3n) is 3.33. The lowest BCUT2D eigenvalue weighted by Gasteiger charge is -2.18. The number of rotatable bonds is 4. The number of carbonyl (C=O) groups is 1. The van der Waals surface area contributed by atoms with E-state index in [1.54, 1.807) is 12.1 Å². The van der Waals surface area contributed by atoms with Crippen molar-refractivity contribution < 1.29 is 4.79 Å². The van der Waals surface area contributed by atoms with Crippen LogP contribution in [0.3, 0.4) is 0 Å². The molecule has 0 spiro atoms. The molecule has 3 aromatic carbocycles. The molecule has 1 N–H and O–H groups in total. The van der Waals surface area contributed by atoms with Gasteiger partial charge in [-0.2, -0.15) is 0 Å². The van der Waals surface area contributed by atoms with Crippen LogP contribution in [0.25, 0.3) is 0 Å². The third kappa shape index (κ3) is 3.98. The summed E-state index contributed by atoms with van der Waals surface area (Å²) >= 11 is 5.89. The molecule has 0 radical (unpaired) electrons. The lowest BCUT2D eigenvalue weighted by atomic mass is 10.3. The first-order chi connectivity index (χ1) is 11.2. The van der Waals surface area contributed by atoms with Crippen LogP contribution in [0, 0.1) is 0 Å². The first-order valence-electron chi connectivity index (χ1n) is 7.21. The molecule has 0 fully saturated rings. The van der Waals surface area contributed by atoms with Gasteiger partial charge in [0.2, 0.25) is 0 Å². The summed E-state index contributed by atoms with van der Waals surface area (Å²) in [5, 5.41) is 5.70. The summed E-state index contributed by atoms with van der Waals surface area (Å²) < 4.78 is 0. The minimum absolute atomic E-state index is 0.000257. The molecular formula is C19H15ClNOP. The fourth-order valence-electron chi connectivity index (χ4n) is 2.25. The highest BCUT2D eigenvalue weighted by Gasteiger charge is 2.22. The first-order valence-corrected chi connectivity index (χ1v) is 8.93. The molecule has 3 rings (SSSR count). The number of halogens is 1. The first kappa shape index (κ1) is 15.7. The number of hydrogen-bond donors (Lipinski definition) is 1. The van der Waals surface area contributed by atoms with Gasteiger partial charge in [0.25, 0.3) is 5.65 Å². The maximum Gasteiger partial charge on any atom is 0.254 e. The minimum Gasteiger partial charge on any atom is -0.322 e. The summed E-state index contributed by atoms with van der Waals surface area (Å²) in [6, 6.07) is 26.9. The molecule has 0 aliphatic rings. The van der Waals surface area contributed by atoms with E-state index in [0.29, 0.717) is 5.02 Å². The second-order valence-corrected chi connectivity index (χ2v) is 7.49. The number of anilines is 1. The van der Waals surface area contributed by atoms with Gasteiger partial charge in [0.05, 0.1) is 7.92 Å². The van der Waals surface area contributed by atoms with Gasteiger partial charge in [0.15, 0.2) is 0 Å². The van der Waals surface area contributed by atoms with Gasteiger partial charge in [0.1, 0.15) is 0 Å². The average Bonchev–Trinajstić information content (AvgIpc) is 2.59. The highest BCUT2D eigenvalue weighted by molar-refractivity contribution is 7.88. The Bertz CT molecular complexity index is 736. The number of amides is 1. The molecule has 0 saturated heterocycles. The second kappa shape index (κ2) is 7.41. The van der Waals surface area contributed by atoms with E-state index in [1.165, 1.54) is 0 Å². The molecule has 114 valence electrons. The topological polar surface area (TPSA) is 29.1 Å². The highest BCUT2D eigenvalue weighted by atomic mass is 35.5. The SMILES string of the molecule is O=C(Nc1ccc(Cl)cc1)P(c1ccccc1)c1ccccc1. The number of benzene rings is 3. The van der Waals surface area contributed by atoms with Crippen LogP contribution in [0.5, 0.6) is 0 Å². The molecule has 0 aromatic heterocycles. The summed E-state index contributed by atoms with van der Waals surface area (Å²) in [4.78, 5) is 12.9. The Kier molecular flexibility index (Phi) is 5.07. The van der Waals surface area contributed by atoms with E-state index >= 15 is 0 Å². The lowest BCUT2D eigenvalue weighted by molar-refractivity contribution is 0.269. The number of carbonyl (C=O) groups excluding carboxylic acids is 1. The predicted molar refractivity (Wildman–Crippen MR) is 99.5 cm³/mol. The van der Waals surface area contributed by atoms with Gasteiger partial charge in [-0.3, -0.25) is 4.79 Å². The third-order valence-corrected chi connectivity index (χ3v) is 5.73. The predicted octanol–water partition coefficient (Wildman–Crippen LogP) is 5.00. The summed E-state index contributed by atoms with van der Waals surface area (Å²) in [7, 11) is -1.13. The van der Waals surface area contributed by atoms with Gasteiger partial charge in [0, 0.05) is 10.7 Å². The molecule has 0 unspecified atom stereocenters. The van der Waals surface area contributed by atoms with Crippen molar-refractivity contribution in [2.75, 3.05) is 5.32 Å². The molecule has 0 bridgehead atoms. The monoisotopic (exact) mass is 339 g/mol. The van der Waals surface area contributed by atoms with E-state index in [2.05, 4.69) is 5.32 Å². The van der Waals surface area contributed by atoms with Gasteiger partial charge in [-0.25, -0.2) is 0 Å². The maximum absolute atomic E-state index is 12.9. The molecule has 0 aliphatic heterocycles. The molecule has 0 aliphatic carbocycles. The summed E-state index contributed by atoms with van der Waals surface area (Å²) in [6.45, 7) is 0. The minimum atomic E-state index is -1.13. The largest absolute Gasteiger partial charge is 0.322 e. The van der Waals surface area contributed by atoms with Crippen molar-refractivity contribution in [2.24, 2.45) is 0 Å². The van der Waals surface area contributed by atoms with Crippen molar-refractivity contribution in [3.63, 3.8) is 0 Å². The molecule has 2 nitrogen and oxygen atoms in total. The maximum atomic E-state index is 12.9. The Morgan fingerprint density at radius 2 is 1.22 bits per heavy atom. The van der Waals surface area contributed by atoms with E-state index in [0.717, 1.165) is 16.3 Å². The Morgan fingerprint density at radius 3 is 1.70 bits per heavy atom. The number of hydrogen-bond acceptors (Lipinski definition) is 1. The molecule has 0 saturated carbocycles. The van der Waals surface area contributed by atoms with Crippen LogP contribution in [0.1, 0.15) is 0 Å². The van der Waals surface area contributed by atoms with Gasteiger partial charge in [-0.15, -0.1) is 0 Å². The van der Waals surface area contributed by atoms with Crippen LogP contribution in [-0.4, -0.2) is 5.65 Å². The zero-order valence-corrected chi connectivity index (χ0v) is 14.0. The van der Waals surface area contributed by atoms with E-state index in [-0.39, 0.29) is 5.65 Å². The average molecular weight is 340 g/mol. The zero-order chi connectivity index (χ0) is 16.1. The smallest absolute Gasteiger partial charge is 0.254 e. The lowest BCUT2D eigenvalue weighted by Crippen LogP contribution is -2.21. The summed E-state index contributed by atoms with van der Waals surface area (Å²) in [5.74, 6) is 0. The molecule has 23 heavy (non-hydrogen) atoms. The fraction of sp³-hybridized carbons (Fsp3) is 0. The van der Waals surface area contributed by atoms with Crippen LogP contribution in [0.2, 0.25) is 5.02 Å². The Morgan fingerprint density at radius 1 is 0.739 bits per heavy atom. The Labute approximate surface area is 141 Å². The Balaban J connectivity index is 1.92. The van der Waals surface area contributed by atoms with Gasteiger partial charge in [-0.05, 0) is 34.9 Å². The van der Waals surface area contributed by atoms with Crippen molar-refractivity contribution in [1.82, 2.24) is 0 Å². The van der Waals surface area contributed by atoms with Crippen LogP contribution in [0.4, 0.5) is 10.5 Å². The van der Waals surface area contributed by atoms with E-state index < -0.39 is 7.92 Å². The van der Waals surface area contributed by atoms with Crippen molar-refractivity contribution in [1.29, 1.82) is 0 Å². The standard InChI is InChI=1S/C19H15ClNOP/c20-15-11-13-16(14-12-15)21-19(22)23(17-7-3-1-4-8-17)18-9-5-2-6-10-18/h1-14H,(H,21,22). The van der Waals surface area contributed by atoms with Crippen LogP contribution >= 0.6 is 19.5 Å². The molecular weight excluding hydrogens is 325 g/mol. The quantitative estimate of drug-likeness (QED) is 0.665. The van der Waals surface area contributed by atoms with E-state index in [9.17, 15) is 4.79 Å². The van der Waals surface area contributed by atoms with E-state index in [1.807, 2.05) is 72.8 Å². The van der Waals surface area contributed by atoms with Crippen LogP contribution in [-0.2, 0) is 0 Å². The normalized spacial score (nSPS) is 10.5. The zero-order valence-electron chi connectivity index (χ0n) is 12.3. The van der Waals surface area contributed by atoms with Crippen molar-refractivity contribution in [2.45, 2.75) is 0 Å². The van der Waals surface area contributed by atoms with Crippen LogP contribution in [0.15, 0.2) is 84.9 Å². The van der Waals surface area contributed by atoms with Crippen molar-refractivity contribution >= 4 is 41.5 Å². The van der Waals surface area contributed by atoms with Gasteiger partial charge >= 0.3 is 0 Å². The molecule has 0 heterocycles. The molecule has 3 aromatic rings. The number of nitrogens with one attached hydrogen (secondary N) is 1. The Hall–Kier alpha value is -2.15. The summed E-state index contributed by atoms with van der Waals surface area (Å²) in [6.07, 6.45) is 0. The molecule has 0 atom stereocenters. The van der Waals surface area contributed by atoms with Crippen LogP contribution < -0.4 is 15.9 Å². The van der Waals surface area contributed by atoms with Crippen molar-refractivity contribution in [3.8, 4) is 0 Å². The van der Waals surface area contributed by atoms with Gasteiger partial charge < -0.3 is 5.32 Å². The molecule has 4 heteroatoms. The summed E-state index contributed by atoms with van der Waals surface area (Å²) in [5.41, 5.74) is 0.749. The second-order valence-electron chi connectivity index (χ2n) is 4.94. The van der Waals surface area contributed by atoms with Crippen molar-refractivity contribution in [3.05, 3.63) is 90.0 Å². The highest BCUT2D eigenvalue weighted by Crippen LogP contribution is 2.35. The van der Waals surface area contributed by atoms with Gasteiger partial charge in [-0.1, -0.05) is 72.3 Å². The van der Waals surface area contributed by atoms with E-state index in [4.69, 9.17) is 11.6 Å². The fourth-order valence-corrected chi connectivity index (χ4v) is 4.32. The molecule has 1 amide bonds.